The summed E-state index contributed by atoms with van der Waals surface area (Å²) in [5.74, 6) is 0.0865. The molecule has 0 atom stereocenters. The second-order valence-electron chi connectivity index (χ2n) is 2.84. The number of imidazole rings is 1. The van der Waals surface area contributed by atoms with Gasteiger partial charge in [0.05, 0.1) is 6.33 Å². The Bertz CT molecular complexity index is 509. The Kier molecular flexibility index (Phi) is 2.55. The zero-order valence-corrected chi connectivity index (χ0v) is 9.05. The van der Waals surface area contributed by atoms with Crippen LogP contribution in [0.25, 0.3) is 11.2 Å². The zero-order valence-electron chi connectivity index (χ0n) is 8.24. The number of carbonyl (C=O) groups is 1. The molecule has 7 heteroatoms. The lowest BCUT2D eigenvalue weighted by Crippen LogP contribution is -2.09. The fourth-order valence-corrected chi connectivity index (χ4v) is 1.70. The minimum absolute atomic E-state index is 0.197. The fourth-order valence-electron chi connectivity index (χ4n) is 1.17. The maximum absolute atomic E-state index is 10.9. The summed E-state index contributed by atoms with van der Waals surface area (Å²) in [5.41, 5.74) is 1.34. The number of anilines is 1. The summed E-state index contributed by atoms with van der Waals surface area (Å²) in [6.07, 6.45) is 3.46. The highest BCUT2D eigenvalue weighted by Gasteiger charge is 2.09. The number of carbonyl (C=O) groups excluding carboxylic acids is 1. The molecule has 2 rings (SSSR count). The minimum Gasteiger partial charge on any atom is -0.341 e. The van der Waals surface area contributed by atoms with Crippen LogP contribution in [0.1, 0.15) is 6.92 Å². The molecule has 2 aromatic heterocycles. The highest BCUT2D eigenvalue weighted by atomic mass is 32.2. The van der Waals surface area contributed by atoms with Crippen molar-refractivity contribution in [3.63, 3.8) is 0 Å². The predicted octanol–water partition coefficient (Wildman–Crippen LogP) is 1.03. The van der Waals surface area contributed by atoms with E-state index >= 15 is 0 Å². The Labute approximate surface area is 89.9 Å². The van der Waals surface area contributed by atoms with E-state index in [-0.39, 0.29) is 11.9 Å². The van der Waals surface area contributed by atoms with E-state index in [1.165, 1.54) is 18.7 Å². The molecule has 6 nitrogen and oxygen atoms in total. The number of fused-ring (bicyclic) bond motifs is 1. The number of hydrogen-bond donors (Lipinski definition) is 2. The Morgan fingerprint density at radius 2 is 2.33 bits per heavy atom. The van der Waals surface area contributed by atoms with Gasteiger partial charge in [-0.05, 0) is 6.26 Å². The molecule has 0 aromatic carbocycles. The van der Waals surface area contributed by atoms with Gasteiger partial charge in [0.25, 0.3) is 0 Å². The Balaban J connectivity index is 2.53. The van der Waals surface area contributed by atoms with Crippen LogP contribution in [0, 0.1) is 0 Å². The van der Waals surface area contributed by atoms with Crippen LogP contribution >= 0.6 is 11.8 Å². The van der Waals surface area contributed by atoms with Crippen LogP contribution in [-0.2, 0) is 4.79 Å². The lowest BCUT2D eigenvalue weighted by Gasteiger charge is -2.02. The van der Waals surface area contributed by atoms with Crippen LogP contribution < -0.4 is 5.32 Å². The van der Waals surface area contributed by atoms with Crippen LogP contribution in [0.4, 0.5) is 5.95 Å². The standard InChI is InChI=1S/C8H9N5OS/c1-4(14)11-8-12-6-5(9-3-10-6)7(13-8)15-2/h3H,1-2H3,(H2,9,10,11,12,13,14). The van der Waals surface area contributed by atoms with E-state index in [1.54, 1.807) is 6.33 Å². The molecule has 0 saturated heterocycles. The molecular weight excluding hydrogens is 214 g/mol. The summed E-state index contributed by atoms with van der Waals surface area (Å²) < 4.78 is 0. The van der Waals surface area contributed by atoms with Crippen molar-refractivity contribution in [2.75, 3.05) is 11.6 Å². The summed E-state index contributed by atoms with van der Waals surface area (Å²) in [6, 6.07) is 0. The van der Waals surface area contributed by atoms with Gasteiger partial charge in [-0.1, -0.05) is 0 Å². The number of thioether (sulfide) groups is 1. The Hall–Kier alpha value is -1.63. The SMILES string of the molecule is CSc1nc(NC(C)=O)nc2nc[nH]c12. The lowest BCUT2D eigenvalue weighted by atomic mass is 10.5. The topological polar surface area (TPSA) is 83.6 Å². The third-order valence-electron chi connectivity index (χ3n) is 1.73. The lowest BCUT2D eigenvalue weighted by molar-refractivity contribution is -0.114. The molecule has 0 aliphatic carbocycles. The minimum atomic E-state index is -0.197. The summed E-state index contributed by atoms with van der Waals surface area (Å²) in [5, 5.41) is 3.30. The molecule has 0 unspecified atom stereocenters. The summed E-state index contributed by atoms with van der Waals surface area (Å²) in [4.78, 5) is 26.1. The van der Waals surface area contributed by atoms with E-state index in [0.29, 0.717) is 5.65 Å². The van der Waals surface area contributed by atoms with Gasteiger partial charge in [-0.15, -0.1) is 11.8 Å². The highest BCUT2D eigenvalue weighted by Crippen LogP contribution is 2.21. The monoisotopic (exact) mass is 223 g/mol. The van der Waals surface area contributed by atoms with Gasteiger partial charge >= 0.3 is 0 Å². The number of nitrogens with one attached hydrogen (secondary N) is 2. The maximum Gasteiger partial charge on any atom is 0.232 e. The number of aromatic nitrogens is 4. The molecule has 2 aromatic rings. The summed E-state index contributed by atoms with van der Waals surface area (Å²) >= 11 is 1.47. The van der Waals surface area contributed by atoms with Crippen molar-refractivity contribution in [2.24, 2.45) is 0 Å². The van der Waals surface area contributed by atoms with Gasteiger partial charge < -0.3 is 4.98 Å². The molecule has 0 aliphatic rings. The van der Waals surface area contributed by atoms with Crippen molar-refractivity contribution in [1.29, 1.82) is 0 Å². The maximum atomic E-state index is 10.9. The van der Waals surface area contributed by atoms with Gasteiger partial charge in [0, 0.05) is 6.92 Å². The van der Waals surface area contributed by atoms with Crippen molar-refractivity contribution < 1.29 is 4.79 Å². The second kappa shape index (κ2) is 3.85. The van der Waals surface area contributed by atoms with Crippen LogP contribution in [0.5, 0.6) is 0 Å². The molecule has 0 aliphatic heterocycles. The number of rotatable bonds is 2. The predicted molar refractivity (Wildman–Crippen MR) is 57.8 cm³/mol. The van der Waals surface area contributed by atoms with Gasteiger partial charge in [0.2, 0.25) is 11.9 Å². The third kappa shape index (κ3) is 1.91. The van der Waals surface area contributed by atoms with Crippen LogP contribution in [-0.4, -0.2) is 32.1 Å². The number of nitrogens with zero attached hydrogens (tertiary/aromatic N) is 3. The van der Waals surface area contributed by atoms with Crippen LogP contribution in [0.2, 0.25) is 0 Å². The zero-order chi connectivity index (χ0) is 10.8. The summed E-state index contributed by atoms with van der Waals surface area (Å²) in [6.45, 7) is 1.41. The quantitative estimate of drug-likeness (QED) is 0.587. The first-order chi connectivity index (χ1) is 7.20. The molecule has 0 spiro atoms. The first-order valence-corrected chi connectivity index (χ1v) is 5.46. The molecule has 15 heavy (non-hydrogen) atoms. The Morgan fingerprint density at radius 1 is 1.53 bits per heavy atom. The van der Waals surface area contributed by atoms with E-state index in [4.69, 9.17) is 0 Å². The van der Waals surface area contributed by atoms with Gasteiger partial charge in [-0.25, -0.2) is 9.97 Å². The van der Waals surface area contributed by atoms with Crippen molar-refractivity contribution in [3.05, 3.63) is 6.33 Å². The van der Waals surface area contributed by atoms with Gasteiger partial charge in [0.1, 0.15) is 10.5 Å². The van der Waals surface area contributed by atoms with Crippen molar-refractivity contribution in [1.82, 2.24) is 19.9 Å². The molecule has 78 valence electrons. The van der Waals surface area contributed by atoms with Gasteiger partial charge in [-0.2, -0.15) is 4.98 Å². The Morgan fingerprint density at radius 3 is 3.00 bits per heavy atom. The highest BCUT2D eigenvalue weighted by molar-refractivity contribution is 7.98. The first-order valence-electron chi connectivity index (χ1n) is 4.23. The molecule has 0 fully saturated rings. The molecule has 2 heterocycles. The molecule has 0 saturated carbocycles. The number of H-pyrrole nitrogens is 1. The normalized spacial score (nSPS) is 10.5. The number of hydrogen-bond acceptors (Lipinski definition) is 5. The van der Waals surface area contributed by atoms with E-state index in [1.807, 2.05) is 6.26 Å². The average molecular weight is 223 g/mol. The fraction of sp³-hybridized carbons (Fsp3) is 0.250. The van der Waals surface area contributed by atoms with Gasteiger partial charge in [0.15, 0.2) is 5.65 Å². The number of amides is 1. The average Bonchev–Trinajstić information content (AvgIpc) is 2.63. The molecule has 1 amide bonds. The first kappa shape index (κ1) is 9.91. The van der Waals surface area contributed by atoms with Crippen molar-refractivity contribution in [2.45, 2.75) is 11.9 Å². The molecule has 0 radical (unpaired) electrons. The van der Waals surface area contributed by atoms with Crippen molar-refractivity contribution in [3.8, 4) is 0 Å². The van der Waals surface area contributed by atoms with E-state index in [2.05, 4.69) is 25.3 Å². The van der Waals surface area contributed by atoms with E-state index < -0.39 is 0 Å². The van der Waals surface area contributed by atoms with Gasteiger partial charge in [-0.3, -0.25) is 10.1 Å². The molecule has 2 N–H and O–H groups in total. The largest absolute Gasteiger partial charge is 0.341 e. The summed E-state index contributed by atoms with van der Waals surface area (Å²) in [7, 11) is 0. The number of aromatic amines is 1. The van der Waals surface area contributed by atoms with Crippen LogP contribution in [0.3, 0.4) is 0 Å². The smallest absolute Gasteiger partial charge is 0.232 e. The molecular formula is C8H9N5OS. The van der Waals surface area contributed by atoms with E-state index in [9.17, 15) is 4.79 Å². The third-order valence-corrected chi connectivity index (χ3v) is 2.42. The van der Waals surface area contributed by atoms with Crippen LogP contribution in [0.15, 0.2) is 11.4 Å². The van der Waals surface area contributed by atoms with E-state index in [0.717, 1.165) is 10.5 Å². The van der Waals surface area contributed by atoms with Crippen molar-refractivity contribution >= 4 is 34.8 Å². The molecule has 0 bridgehead atoms. The second-order valence-corrected chi connectivity index (χ2v) is 3.63.